The summed E-state index contributed by atoms with van der Waals surface area (Å²) in [6.07, 6.45) is 3.61. The summed E-state index contributed by atoms with van der Waals surface area (Å²) in [5.41, 5.74) is 6.37. The number of carbonyl (C=O) groups excluding carboxylic acids is 1. The van der Waals surface area contributed by atoms with E-state index in [1.54, 1.807) is 0 Å². The molecule has 0 spiro atoms. The van der Waals surface area contributed by atoms with Gasteiger partial charge in [0.2, 0.25) is 5.91 Å². The smallest absolute Gasteiger partial charge is 0.224 e. The first-order valence-corrected chi connectivity index (χ1v) is 7.32. The normalized spacial score (nSPS) is 20.4. The van der Waals surface area contributed by atoms with E-state index in [1.165, 1.54) is 0 Å². The van der Waals surface area contributed by atoms with E-state index in [-0.39, 0.29) is 17.9 Å². The second-order valence-electron chi connectivity index (χ2n) is 5.87. The van der Waals surface area contributed by atoms with Gasteiger partial charge in [0, 0.05) is 12.6 Å². The molecule has 2 unspecified atom stereocenters. The molecular weight excluding hydrogens is 252 g/mol. The molecule has 2 rings (SSSR count). The van der Waals surface area contributed by atoms with Crippen molar-refractivity contribution in [2.75, 3.05) is 6.54 Å². The summed E-state index contributed by atoms with van der Waals surface area (Å²) in [5, 5.41) is 13.1. The number of carbonyl (C=O) groups is 1. The first kappa shape index (κ1) is 15.0. The molecular formula is C16H24N2O2. The third-order valence-electron chi connectivity index (χ3n) is 4.26. The fourth-order valence-electron chi connectivity index (χ4n) is 2.75. The molecule has 110 valence electrons. The molecule has 1 fully saturated rings. The van der Waals surface area contributed by atoms with Gasteiger partial charge in [-0.2, -0.15) is 0 Å². The maximum Gasteiger partial charge on any atom is 0.224 e. The number of rotatable bonds is 5. The Balaban J connectivity index is 1.88. The lowest BCUT2D eigenvalue weighted by Gasteiger charge is -2.25. The molecule has 1 saturated carbocycles. The van der Waals surface area contributed by atoms with Crippen LogP contribution in [0, 0.1) is 5.92 Å². The molecule has 0 heterocycles. The number of nitrogens with two attached hydrogens (primary N) is 1. The van der Waals surface area contributed by atoms with Crippen LogP contribution in [0.5, 0.6) is 0 Å². The van der Waals surface area contributed by atoms with Crippen molar-refractivity contribution < 1.29 is 9.90 Å². The first-order chi connectivity index (χ1) is 9.52. The Morgan fingerprint density at radius 1 is 1.35 bits per heavy atom. The minimum Gasteiger partial charge on any atom is -0.388 e. The fraction of sp³-hybridized carbons (Fsp3) is 0.562. The fourth-order valence-corrected chi connectivity index (χ4v) is 2.75. The van der Waals surface area contributed by atoms with Gasteiger partial charge in [-0.1, -0.05) is 50.1 Å². The van der Waals surface area contributed by atoms with Gasteiger partial charge < -0.3 is 16.2 Å². The van der Waals surface area contributed by atoms with E-state index < -0.39 is 5.60 Å². The number of hydrogen-bond acceptors (Lipinski definition) is 3. The van der Waals surface area contributed by atoms with Crippen molar-refractivity contribution in [3.05, 3.63) is 35.9 Å². The van der Waals surface area contributed by atoms with Gasteiger partial charge in [-0.3, -0.25) is 4.79 Å². The molecule has 0 bridgehead atoms. The van der Waals surface area contributed by atoms with E-state index in [9.17, 15) is 9.90 Å². The van der Waals surface area contributed by atoms with Gasteiger partial charge in [-0.15, -0.1) is 0 Å². The maximum absolute atomic E-state index is 12.2. The van der Waals surface area contributed by atoms with E-state index >= 15 is 0 Å². The number of benzene rings is 1. The third-order valence-corrected chi connectivity index (χ3v) is 4.26. The van der Waals surface area contributed by atoms with Crippen LogP contribution in [-0.2, 0) is 4.79 Å². The quantitative estimate of drug-likeness (QED) is 0.767. The molecule has 20 heavy (non-hydrogen) atoms. The predicted molar refractivity (Wildman–Crippen MR) is 79.0 cm³/mol. The maximum atomic E-state index is 12.2. The number of aliphatic hydroxyl groups is 1. The van der Waals surface area contributed by atoms with Crippen LogP contribution in [0.1, 0.15) is 44.2 Å². The van der Waals surface area contributed by atoms with Crippen molar-refractivity contribution in [2.45, 2.75) is 44.2 Å². The molecule has 1 aliphatic rings. The van der Waals surface area contributed by atoms with Crippen LogP contribution in [0.4, 0.5) is 0 Å². The van der Waals surface area contributed by atoms with Crippen LogP contribution in [0.15, 0.2) is 30.3 Å². The van der Waals surface area contributed by atoms with Crippen molar-refractivity contribution >= 4 is 5.91 Å². The Hall–Kier alpha value is -1.39. The number of nitrogens with one attached hydrogen (secondary N) is 1. The topological polar surface area (TPSA) is 75.3 Å². The van der Waals surface area contributed by atoms with Crippen LogP contribution in [0.2, 0.25) is 0 Å². The molecule has 0 aliphatic heterocycles. The van der Waals surface area contributed by atoms with Crippen molar-refractivity contribution in [3.63, 3.8) is 0 Å². The molecule has 4 N–H and O–H groups in total. The zero-order valence-corrected chi connectivity index (χ0v) is 12.0. The highest BCUT2D eigenvalue weighted by atomic mass is 16.3. The largest absolute Gasteiger partial charge is 0.388 e. The molecule has 1 aromatic rings. The Labute approximate surface area is 120 Å². The van der Waals surface area contributed by atoms with E-state index in [0.29, 0.717) is 6.54 Å². The van der Waals surface area contributed by atoms with E-state index in [4.69, 9.17) is 5.73 Å². The minimum atomic E-state index is -0.716. The van der Waals surface area contributed by atoms with Crippen molar-refractivity contribution in [3.8, 4) is 0 Å². The van der Waals surface area contributed by atoms with Crippen LogP contribution in [-0.4, -0.2) is 23.2 Å². The number of hydrogen-bond donors (Lipinski definition) is 3. The van der Waals surface area contributed by atoms with Gasteiger partial charge in [0.15, 0.2) is 0 Å². The van der Waals surface area contributed by atoms with Gasteiger partial charge >= 0.3 is 0 Å². The van der Waals surface area contributed by atoms with Gasteiger partial charge in [-0.25, -0.2) is 0 Å². The Kier molecular flexibility index (Phi) is 4.78. The minimum absolute atomic E-state index is 0.0957. The summed E-state index contributed by atoms with van der Waals surface area (Å²) < 4.78 is 0. The SMILES string of the molecule is CC(C(=O)NCC1(O)CCCC1)C(N)c1ccccc1. The Morgan fingerprint density at radius 2 is 1.95 bits per heavy atom. The summed E-state index contributed by atoms with van der Waals surface area (Å²) in [4.78, 5) is 12.2. The highest BCUT2D eigenvalue weighted by Gasteiger charge is 2.32. The molecule has 0 saturated heterocycles. The molecule has 4 nitrogen and oxygen atoms in total. The van der Waals surface area contributed by atoms with E-state index in [0.717, 1.165) is 31.2 Å². The molecule has 2 atom stereocenters. The standard InChI is InChI=1S/C16H24N2O2/c1-12(14(17)13-7-3-2-4-8-13)15(19)18-11-16(20)9-5-6-10-16/h2-4,7-8,12,14,20H,5-6,9-11,17H2,1H3,(H,18,19). The molecule has 4 heteroatoms. The number of amides is 1. The summed E-state index contributed by atoms with van der Waals surface area (Å²) in [6.45, 7) is 2.16. The van der Waals surface area contributed by atoms with Gasteiger partial charge in [-0.05, 0) is 18.4 Å². The van der Waals surface area contributed by atoms with Crippen molar-refractivity contribution in [1.82, 2.24) is 5.32 Å². The van der Waals surface area contributed by atoms with Crippen LogP contribution in [0.3, 0.4) is 0 Å². The molecule has 0 radical (unpaired) electrons. The molecule has 1 amide bonds. The summed E-state index contributed by atoms with van der Waals surface area (Å²) in [6, 6.07) is 9.30. The predicted octanol–water partition coefficient (Wildman–Crippen LogP) is 1.74. The second kappa shape index (κ2) is 6.37. The van der Waals surface area contributed by atoms with Crippen molar-refractivity contribution in [2.24, 2.45) is 11.7 Å². The zero-order valence-electron chi connectivity index (χ0n) is 12.0. The monoisotopic (exact) mass is 276 g/mol. The Morgan fingerprint density at radius 3 is 2.55 bits per heavy atom. The van der Waals surface area contributed by atoms with Gasteiger partial charge in [0.05, 0.1) is 11.5 Å². The lowest BCUT2D eigenvalue weighted by atomic mass is 9.94. The highest BCUT2D eigenvalue weighted by molar-refractivity contribution is 5.79. The summed E-state index contributed by atoms with van der Waals surface area (Å²) in [5.74, 6) is -0.413. The Bertz CT molecular complexity index is 441. The lowest BCUT2D eigenvalue weighted by molar-refractivity contribution is -0.126. The van der Waals surface area contributed by atoms with Gasteiger partial charge in [0.25, 0.3) is 0 Å². The highest BCUT2D eigenvalue weighted by Crippen LogP contribution is 2.28. The second-order valence-corrected chi connectivity index (χ2v) is 5.87. The molecule has 0 aromatic heterocycles. The molecule has 1 aromatic carbocycles. The van der Waals surface area contributed by atoms with Crippen LogP contribution < -0.4 is 11.1 Å². The van der Waals surface area contributed by atoms with Gasteiger partial charge in [0.1, 0.15) is 0 Å². The zero-order chi connectivity index (χ0) is 14.6. The summed E-state index contributed by atoms with van der Waals surface area (Å²) >= 11 is 0. The van der Waals surface area contributed by atoms with E-state index in [1.807, 2.05) is 37.3 Å². The first-order valence-electron chi connectivity index (χ1n) is 7.32. The molecule has 1 aliphatic carbocycles. The van der Waals surface area contributed by atoms with Crippen LogP contribution >= 0.6 is 0 Å². The van der Waals surface area contributed by atoms with Crippen molar-refractivity contribution in [1.29, 1.82) is 0 Å². The summed E-state index contributed by atoms with van der Waals surface area (Å²) in [7, 11) is 0. The van der Waals surface area contributed by atoms with E-state index in [2.05, 4.69) is 5.32 Å². The third kappa shape index (κ3) is 3.58. The average Bonchev–Trinajstić information content (AvgIpc) is 2.91. The average molecular weight is 276 g/mol. The lowest BCUT2D eigenvalue weighted by Crippen LogP contribution is -2.44. The van der Waals surface area contributed by atoms with Crippen LogP contribution in [0.25, 0.3) is 0 Å².